The Balaban J connectivity index is 1.53. The largest absolute Gasteiger partial charge is 0.396 e. The molecule has 0 bridgehead atoms. The van der Waals surface area contributed by atoms with Gasteiger partial charge in [-0.05, 0) is 64.3 Å². The van der Waals surface area contributed by atoms with Crippen LogP contribution in [0.25, 0.3) is 0 Å². The van der Waals surface area contributed by atoms with Crippen molar-refractivity contribution >= 4 is 29.1 Å². The number of carbonyl (C=O) groups is 3. The van der Waals surface area contributed by atoms with Gasteiger partial charge in [-0.1, -0.05) is 44.1 Å². The lowest BCUT2D eigenvalue weighted by atomic mass is 9.74. The summed E-state index contributed by atoms with van der Waals surface area (Å²) in [6.45, 7) is 11.9. The van der Waals surface area contributed by atoms with Crippen molar-refractivity contribution < 1.29 is 24.2 Å². The van der Waals surface area contributed by atoms with Gasteiger partial charge >= 0.3 is 0 Å². The fraction of sp³-hybridized carbons (Fsp3) is 0.618. The Hall–Kier alpha value is -3.17. The Labute approximate surface area is 256 Å². The summed E-state index contributed by atoms with van der Waals surface area (Å²) in [6, 6.07) is 7.14. The van der Waals surface area contributed by atoms with Gasteiger partial charge < -0.3 is 29.4 Å². The maximum absolute atomic E-state index is 14.7. The Kier molecular flexibility index (Phi) is 9.32. The lowest BCUT2D eigenvalue weighted by molar-refractivity contribution is -0.148. The first-order valence-corrected chi connectivity index (χ1v) is 16.2. The second-order valence-corrected chi connectivity index (χ2v) is 12.4. The lowest BCUT2D eigenvalue weighted by Gasteiger charge is -2.37. The van der Waals surface area contributed by atoms with E-state index in [1.807, 2.05) is 67.3 Å². The zero-order valence-electron chi connectivity index (χ0n) is 26.2. The van der Waals surface area contributed by atoms with Gasteiger partial charge in [-0.25, -0.2) is 0 Å². The quantitative estimate of drug-likeness (QED) is 0.294. The summed E-state index contributed by atoms with van der Waals surface area (Å²) in [6.07, 6.45) is 11.7. The number of rotatable bonds is 12. The maximum atomic E-state index is 14.7. The van der Waals surface area contributed by atoms with Crippen molar-refractivity contribution in [2.24, 2.45) is 11.8 Å². The molecule has 234 valence electrons. The molecular formula is C34H48N4O5. The van der Waals surface area contributed by atoms with Gasteiger partial charge in [0, 0.05) is 57.3 Å². The molecule has 1 unspecified atom stereocenters. The second-order valence-electron chi connectivity index (χ2n) is 12.4. The Bertz CT molecular complexity index is 1240. The molecule has 5 rings (SSSR count). The molecule has 1 N–H and O–H groups in total. The lowest BCUT2D eigenvalue weighted by Crippen LogP contribution is -2.56. The first-order valence-electron chi connectivity index (χ1n) is 16.2. The minimum absolute atomic E-state index is 0.0814. The van der Waals surface area contributed by atoms with Crippen LogP contribution in [0.4, 0.5) is 11.4 Å². The monoisotopic (exact) mass is 592 g/mol. The van der Waals surface area contributed by atoms with Crippen LogP contribution in [0.3, 0.4) is 0 Å². The van der Waals surface area contributed by atoms with Gasteiger partial charge in [0.05, 0.1) is 17.4 Å². The molecule has 0 aliphatic carbocycles. The molecule has 1 spiro atoms. The number of anilines is 2. The number of amides is 3. The van der Waals surface area contributed by atoms with Gasteiger partial charge in [0.25, 0.3) is 5.91 Å². The standard InChI is InChI=1S/C34H48N4O5/c1-5-20-36-21-12-18-33(4)27(30(36)40)28-31(41)38(22-10-8-9-11-24-39)29-32(42)37(23-13-19-34(28,29)43-33)26-16-14-25(15-17-26)35(6-2)7-3/h12-19,27-29,39H,5-11,20-24H2,1-4H3/t27-,28+,29?,33+,34+/m1/s1. The zero-order chi connectivity index (χ0) is 30.8. The van der Waals surface area contributed by atoms with Gasteiger partial charge in [0.15, 0.2) is 0 Å². The number of likely N-dealkylation sites (tertiary alicyclic amines) is 1. The van der Waals surface area contributed by atoms with Gasteiger partial charge in [-0.3, -0.25) is 14.4 Å². The Morgan fingerprint density at radius 3 is 2.23 bits per heavy atom. The van der Waals surface area contributed by atoms with Crippen molar-refractivity contribution in [3.63, 3.8) is 0 Å². The summed E-state index contributed by atoms with van der Waals surface area (Å²) in [7, 11) is 0. The zero-order valence-corrected chi connectivity index (χ0v) is 26.2. The first-order chi connectivity index (χ1) is 20.8. The molecule has 1 aromatic carbocycles. The number of aliphatic hydroxyl groups is 1. The number of nitrogens with zero attached hydrogens (tertiary/aromatic N) is 4. The minimum Gasteiger partial charge on any atom is -0.396 e. The molecule has 3 amide bonds. The molecule has 1 aromatic rings. The number of fused-ring (bicyclic) bond motifs is 2. The highest BCUT2D eigenvalue weighted by Crippen LogP contribution is 2.57. The van der Waals surface area contributed by atoms with Crippen molar-refractivity contribution in [3.8, 4) is 0 Å². The molecule has 9 heteroatoms. The summed E-state index contributed by atoms with van der Waals surface area (Å²) >= 11 is 0. The predicted octanol–water partition coefficient (Wildman–Crippen LogP) is 3.77. The predicted molar refractivity (Wildman–Crippen MR) is 168 cm³/mol. The smallest absolute Gasteiger partial charge is 0.253 e. The fourth-order valence-electron chi connectivity index (χ4n) is 7.69. The van der Waals surface area contributed by atoms with Gasteiger partial charge in [-0.15, -0.1) is 0 Å². The molecule has 2 saturated heterocycles. The highest BCUT2D eigenvalue weighted by molar-refractivity contribution is 6.06. The Morgan fingerprint density at radius 1 is 0.860 bits per heavy atom. The van der Waals surface area contributed by atoms with Crippen LogP contribution < -0.4 is 9.80 Å². The van der Waals surface area contributed by atoms with Crippen molar-refractivity contribution in [1.82, 2.24) is 9.80 Å². The summed E-state index contributed by atoms with van der Waals surface area (Å²) in [5.41, 5.74) is -0.386. The fourth-order valence-corrected chi connectivity index (χ4v) is 7.69. The van der Waals surface area contributed by atoms with Crippen LogP contribution in [0.2, 0.25) is 0 Å². The van der Waals surface area contributed by atoms with E-state index >= 15 is 0 Å². The number of aliphatic hydroxyl groups excluding tert-OH is 1. The summed E-state index contributed by atoms with van der Waals surface area (Å²) in [4.78, 5) is 50.8. The van der Waals surface area contributed by atoms with E-state index in [1.165, 1.54) is 0 Å². The van der Waals surface area contributed by atoms with Crippen LogP contribution in [0.5, 0.6) is 0 Å². The van der Waals surface area contributed by atoms with E-state index in [1.54, 1.807) is 9.80 Å². The number of benzene rings is 1. The third kappa shape index (κ3) is 5.39. The number of hydrogen-bond acceptors (Lipinski definition) is 6. The summed E-state index contributed by atoms with van der Waals surface area (Å²) < 4.78 is 6.93. The van der Waals surface area contributed by atoms with E-state index < -0.39 is 29.1 Å². The van der Waals surface area contributed by atoms with Gasteiger partial charge in [0.2, 0.25) is 11.8 Å². The highest BCUT2D eigenvalue weighted by Gasteiger charge is 2.74. The molecule has 9 nitrogen and oxygen atoms in total. The van der Waals surface area contributed by atoms with Crippen LogP contribution in [0.1, 0.15) is 59.8 Å². The average Bonchev–Trinajstić information content (AvgIpc) is 3.26. The van der Waals surface area contributed by atoms with Crippen molar-refractivity contribution in [2.45, 2.75) is 77.0 Å². The second kappa shape index (κ2) is 12.8. The molecule has 4 aliphatic heterocycles. The molecule has 0 radical (unpaired) electrons. The van der Waals surface area contributed by atoms with E-state index in [2.05, 4.69) is 18.7 Å². The van der Waals surface area contributed by atoms with Crippen LogP contribution >= 0.6 is 0 Å². The van der Waals surface area contributed by atoms with E-state index in [0.717, 1.165) is 43.7 Å². The molecule has 0 saturated carbocycles. The van der Waals surface area contributed by atoms with Crippen LogP contribution in [-0.2, 0) is 19.1 Å². The van der Waals surface area contributed by atoms with Crippen LogP contribution in [0.15, 0.2) is 48.6 Å². The van der Waals surface area contributed by atoms with Crippen LogP contribution in [0, 0.1) is 11.8 Å². The van der Waals surface area contributed by atoms with E-state index in [9.17, 15) is 19.5 Å². The molecule has 5 atom stereocenters. The molecule has 4 heterocycles. The third-order valence-electron chi connectivity index (χ3n) is 9.73. The van der Waals surface area contributed by atoms with E-state index in [4.69, 9.17) is 4.74 Å². The van der Waals surface area contributed by atoms with Crippen LogP contribution in [-0.4, -0.2) is 95.7 Å². The first kappa shape index (κ1) is 31.3. The summed E-state index contributed by atoms with van der Waals surface area (Å²) in [5, 5.41) is 9.22. The van der Waals surface area contributed by atoms with Crippen molar-refractivity contribution in [1.29, 1.82) is 0 Å². The molecule has 43 heavy (non-hydrogen) atoms. The number of hydrogen-bond donors (Lipinski definition) is 1. The molecule has 4 aliphatic rings. The van der Waals surface area contributed by atoms with E-state index in [-0.39, 0.29) is 24.3 Å². The SMILES string of the molecule is CCCN1CC=C[C@]2(C)O[C@]34C=CCN(c5ccc(N(CC)CC)cc5)C(=O)C3N(CCCCCCO)C(=O)[C@@H]4[C@@H]2C1=O. The van der Waals surface area contributed by atoms with Crippen molar-refractivity contribution in [2.75, 3.05) is 55.7 Å². The number of ether oxygens (including phenoxy) is 1. The van der Waals surface area contributed by atoms with Gasteiger partial charge in [0.1, 0.15) is 11.6 Å². The van der Waals surface area contributed by atoms with E-state index in [0.29, 0.717) is 39.0 Å². The van der Waals surface area contributed by atoms with Crippen molar-refractivity contribution in [3.05, 3.63) is 48.6 Å². The molecular weight excluding hydrogens is 544 g/mol. The summed E-state index contributed by atoms with van der Waals surface area (Å²) in [5.74, 6) is -1.96. The Morgan fingerprint density at radius 2 is 1.56 bits per heavy atom. The van der Waals surface area contributed by atoms with Gasteiger partial charge in [-0.2, -0.15) is 0 Å². The average molecular weight is 593 g/mol. The molecule has 2 fully saturated rings. The highest BCUT2D eigenvalue weighted by atomic mass is 16.5. The topological polar surface area (TPSA) is 93.6 Å². The third-order valence-corrected chi connectivity index (χ3v) is 9.73. The molecule has 0 aromatic heterocycles. The number of carbonyl (C=O) groups excluding carboxylic acids is 3. The minimum atomic E-state index is -1.25. The number of unbranched alkanes of at least 4 members (excludes halogenated alkanes) is 3. The normalized spacial score (nSPS) is 29.9. The maximum Gasteiger partial charge on any atom is 0.253 e.